The first-order valence-corrected chi connectivity index (χ1v) is 8.41. The van der Waals surface area contributed by atoms with Gasteiger partial charge in [0.2, 0.25) is 5.92 Å². The van der Waals surface area contributed by atoms with Crippen LogP contribution in [0.15, 0.2) is 29.4 Å². The second-order valence-corrected chi connectivity index (χ2v) is 6.47. The van der Waals surface area contributed by atoms with Gasteiger partial charge in [0.25, 0.3) is 5.91 Å². The zero-order valence-electron chi connectivity index (χ0n) is 14.5. The fraction of sp³-hybridized carbons (Fsp3) is 0.556. The molecule has 0 spiro atoms. The fourth-order valence-electron chi connectivity index (χ4n) is 2.54. The maximum Gasteiger partial charge on any atom is 0.251 e. The van der Waals surface area contributed by atoms with Crippen LogP contribution in [0.25, 0.3) is 0 Å². The summed E-state index contributed by atoms with van der Waals surface area (Å²) in [6.07, 6.45) is -0.0118. The lowest BCUT2D eigenvalue weighted by Crippen LogP contribution is -2.34. The van der Waals surface area contributed by atoms with Crippen molar-refractivity contribution < 1.29 is 23.5 Å². The van der Waals surface area contributed by atoms with E-state index in [4.69, 9.17) is 9.94 Å². The van der Waals surface area contributed by atoms with Crippen molar-refractivity contribution in [3.8, 4) is 0 Å². The van der Waals surface area contributed by atoms with Gasteiger partial charge in [0.1, 0.15) is 6.10 Å². The average molecular weight is 354 g/mol. The second kappa shape index (κ2) is 8.38. The quantitative estimate of drug-likeness (QED) is 0.609. The van der Waals surface area contributed by atoms with Crippen molar-refractivity contribution in [1.82, 2.24) is 5.32 Å². The van der Waals surface area contributed by atoms with Crippen LogP contribution in [-0.4, -0.2) is 41.4 Å². The molecule has 0 radical (unpaired) electrons. The summed E-state index contributed by atoms with van der Waals surface area (Å²) in [6, 6.07) is 6.50. The maximum atomic E-state index is 13.1. The number of benzene rings is 1. The lowest BCUT2D eigenvalue weighted by atomic mass is 9.94. The van der Waals surface area contributed by atoms with Crippen LogP contribution in [-0.2, 0) is 4.84 Å². The van der Waals surface area contributed by atoms with E-state index < -0.39 is 5.92 Å². The minimum atomic E-state index is -2.58. The minimum Gasteiger partial charge on any atom is -0.394 e. The van der Waals surface area contributed by atoms with E-state index in [1.165, 1.54) is 0 Å². The van der Waals surface area contributed by atoms with Gasteiger partial charge in [-0.1, -0.05) is 17.3 Å². The SMILES string of the molecule is C/C(=N\OC1CCC(F)(F)CC1)c1ccc(C(=O)N[C@H](C)CO)cc1. The van der Waals surface area contributed by atoms with Gasteiger partial charge in [-0.3, -0.25) is 4.79 Å². The van der Waals surface area contributed by atoms with E-state index in [1.54, 1.807) is 38.1 Å². The van der Waals surface area contributed by atoms with Crippen LogP contribution in [0.3, 0.4) is 0 Å². The van der Waals surface area contributed by atoms with Gasteiger partial charge in [-0.15, -0.1) is 0 Å². The Labute approximate surface area is 146 Å². The van der Waals surface area contributed by atoms with Gasteiger partial charge in [0.15, 0.2) is 0 Å². The minimum absolute atomic E-state index is 0.125. The number of amides is 1. The van der Waals surface area contributed by atoms with Crippen LogP contribution >= 0.6 is 0 Å². The molecule has 1 saturated carbocycles. The standard InChI is InChI=1S/C18H24F2N2O3/c1-12(11-23)21-17(24)15-5-3-14(4-6-15)13(2)22-25-16-7-9-18(19,20)10-8-16/h3-6,12,16,23H,7-11H2,1-2H3,(H,21,24)/b22-13+/t12-/m1/s1. The van der Waals surface area contributed by atoms with E-state index in [0.29, 0.717) is 24.1 Å². The molecule has 1 aliphatic carbocycles. The summed E-state index contributed by atoms with van der Waals surface area (Å²) in [5.41, 5.74) is 1.88. The first-order valence-electron chi connectivity index (χ1n) is 8.41. The number of halogens is 2. The number of aliphatic hydroxyl groups excluding tert-OH is 1. The Morgan fingerprint density at radius 1 is 1.32 bits per heavy atom. The van der Waals surface area contributed by atoms with E-state index in [0.717, 1.165) is 5.56 Å². The Morgan fingerprint density at radius 2 is 1.88 bits per heavy atom. The molecule has 5 nitrogen and oxygen atoms in total. The number of aliphatic hydroxyl groups is 1. The topological polar surface area (TPSA) is 70.9 Å². The Kier molecular flexibility index (Phi) is 6.47. The summed E-state index contributed by atoms with van der Waals surface area (Å²) in [4.78, 5) is 17.3. The van der Waals surface area contributed by atoms with Crippen molar-refractivity contribution in [2.45, 2.75) is 57.6 Å². The van der Waals surface area contributed by atoms with Crippen LogP contribution in [0.2, 0.25) is 0 Å². The third-order valence-electron chi connectivity index (χ3n) is 4.22. The third-order valence-corrected chi connectivity index (χ3v) is 4.22. The predicted octanol–water partition coefficient (Wildman–Crippen LogP) is 3.12. The summed E-state index contributed by atoms with van der Waals surface area (Å²) in [7, 11) is 0. The molecule has 0 aliphatic heterocycles. The average Bonchev–Trinajstić information content (AvgIpc) is 2.60. The van der Waals surface area contributed by atoms with Gasteiger partial charge in [-0.05, 0) is 44.4 Å². The summed E-state index contributed by atoms with van der Waals surface area (Å²) in [5, 5.41) is 15.7. The number of oxime groups is 1. The molecule has 25 heavy (non-hydrogen) atoms. The van der Waals surface area contributed by atoms with Gasteiger partial charge in [-0.2, -0.15) is 0 Å². The molecule has 1 aliphatic rings. The van der Waals surface area contributed by atoms with Crippen molar-refractivity contribution in [3.63, 3.8) is 0 Å². The van der Waals surface area contributed by atoms with Gasteiger partial charge in [0.05, 0.1) is 12.3 Å². The first kappa shape index (κ1) is 19.3. The zero-order chi connectivity index (χ0) is 18.4. The van der Waals surface area contributed by atoms with E-state index in [-0.39, 0.29) is 37.5 Å². The highest BCUT2D eigenvalue weighted by molar-refractivity contribution is 6.00. The molecule has 0 aromatic heterocycles. The van der Waals surface area contributed by atoms with Crippen molar-refractivity contribution >= 4 is 11.6 Å². The number of rotatable bonds is 6. The number of nitrogens with zero attached hydrogens (tertiary/aromatic N) is 1. The Hall–Kier alpha value is -2.02. The number of hydrogen-bond donors (Lipinski definition) is 2. The van der Waals surface area contributed by atoms with Gasteiger partial charge < -0.3 is 15.3 Å². The van der Waals surface area contributed by atoms with Gasteiger partial charge in [0, 0.05) is 24.4 Å². The highest BCUT2D eigenvalue weighted by Crippen LogP contribution is 2.34. The van der Waals surface area contributed by atoms with Crippen molar-refractivity contribution in [1.29, 1.82) is 0 Å². The Balaban J connectivity index is 1.91. The molecule has 1 aromatic carbocycles. The van der Waals surface area contributed by atoms with Crippen LogP contribution in [0.4, 0.5) is 8.78 Å². The molecule has 2 N–H and O–H groups in total. The molecule has 1 amide bonds. The molecule has 138 valence electrons. The highest BCUT2D eigenvalue weighted by atomic mass is 19.3. The van der Waals surface area contributed by atoms with Crippen LogP contribution in [0.5, 0.6) is 0 Å². The molecule has 1 aromatic rings. The summed E-state index contributed by atoms with van der Waals surface area (Å²) in [5.74, 6) is -2.84. The molecule has 1 fully saturated rings. The van der Waals surface area contributed by atoms with E-state index in [2.05, 4.69) is 10.5 Å². The number of hydrogen-bond acceptors (Lipinski definition) is 4. The summed E-state index contributed by atoms with van der Waals surface area (Å²) < 4.78 is 26.2. The molecular weight excluding hydrogens is 330 g/mol. The molecule has 1 atom stereocenters. The fourth-order valence-corrected chi connectivity index (χ4v) is 2.54. The van der Waals surface area contributed by atoms with Gasteiger partial charge in [-0.25, -0.2) is 8.78 Å². The third kappa shape index (κ3) is 5.77. The van der Waals surface area contributed by atoms with Gasteiger partial charge >= 0.3 is 0 Å². The summed E-state index contributed by atoms with van der Waals surface area (Å²) >= 11 is 0. The normalized spacial score (nSPS) is 19.3. The first-order chi connectivity index (χ1) is 11.8. The molecular formula is C18H24F2N2O3. The predicted molar refractivity (Wildman–Crippen MR) is 91.0 cm³/mol. The number of carbonyl (C=O) groups is 1. The van der Waals surface area contributed by atoms with E-state index in [1.807, 2.05) is 0 Å². The smallest absolute Gasteiger partial charge is 0.251 e. The largest absolute Gasteiger partial charge is 0.394 e. The summed E-state index contributed by atoms with van der Waals surface area (Å²) in [6.45, 7) is 3.35. The molecule has 0 unspecified atom stereocenters. The maximum absolute atomic E-state index is 13.1. The second-order valence-electron chi connectivity index (χ2n) is 6.47. The van der Waals surface area contributed by atoms with E-state index >= 15 is 0 Å². The lowest BCUT2D eigenvalue weighted by molar-refractivity contribution is -0.0797. The van der Waals surface area contributed by atoms with Crippen LogP contribution in [0.1, 0.15) is 55.5 Å². The van der Waals surface area contributed by atoms with Crippen LogP contribution in [0, 0.1) is 0 Å². The molecule has 0 bridgehead atoms. The molecule has 7 heteroatoms. The molecule has 0 saturated heterocycles. The lowest BCUT2D eigenvalue weighted by Gasteiger charge is -2.26. The van der Waals surface area contributed by atoms with Crippen molar-refractivity contribution in [3.05, 3.63) is 35.4 Å². The zero-order valence-corrected chi connectivity index (χ0v) is 14.5. The van der Waals surface area contributed by atoms with E-state index in [9.17, 15) is 13.6 Å². The number of nitrogens with one attached hydrogen (secondary N) is 1. The van der Waals surface area contributed by atoms with Crippen molar-refractivity contribution in [2.75, 3.05) is 6.61 Å². The van der Waals surface area contributed by atoms with Crippen LogP contribution < -0.4 is 5.32 Å². The molecule has 2 rings (SSSR count). The Bertz CT molecular complexity index is 607. The molecule has 0 heterocycles. The Morgan fingerprint density at radius 3 is 2.44 bits per heavy atom. The van der Waals surface area contributed by atoms with Crippen molar-refractivity contribution in [2.24, 2.45) is 5.16 Å². The number of carbonyl (C=O) groups excluding carboxylic acids is 1. The monoisotopic (exact) mass is 354 g/mol. The highest BCUT2D eigenvalue weighted by Gasteiger charge is 2.35. The number of alkyl halides is 2.